The van der Waals surface area contributed by atoms with E-state index in [9.17, 15) is 4.79 Å². The van der Waals surface area contributed by atoms with Crippen molar-refractivity contribution in [2.45, 2.75) is 46.4 Å². The highest BCUT2D eigenvalue weighted by Gasteiger charge is 2.04. The summed E-state index contributed by atoms with van der Waals surface area (Å²) in [7, 11) is 0. The van der Waals surface area contributed by atoms with Gasteiger partial charge in [0.2, 0.25) is 0 Å². The Morgan fingerprint density at radius 2 is 1.84 bits per heavy atom. The number of urea groups is 1. The molecule has 4 nitrogen and oxygen atoms in total. The van der Waals surface area contributed by atoms with Gasteiger partial charge in [0.1, 0.15) is 0 Å². The number of amides is 2. The SMILES string of the molecule is CCOCc1ccc(CNC(=O)NC(C)CC)cc1. The van der Waals surface area contributed by atoms with E-state index >= 15 is 0 Å². The molecule has 0 spiro atoms. The monoisotopic (exact) mass is 264 g/mol. The Morgan fingerprint density at radius 1 is 1.21 bits per heavy atom. The molecule has 0 aromatic heterocycles. The summed E-state index contributed by atoms with van der Waals surface area (Å²) in [4.78, 5) is 11.6. The lowest BCUT2D eigenvalue weighted by molar-refractivity contribution is 0.134. The average molecular weight is 264 g/mol. The third kappa shape index (κ3) is 6.25. The first-order valence-corrected chi connectivity index (χ1v) is 6.85. The molecule has 1 unspecified atom stereocenters. The summed E-state index contributed by atoms with van der Waals surface area (Å²) in [6.45, 7) is 7.91. The van der Waals surface area contributed by atoms with Crippen molar-refractivity contribution in [3.05, 3.63) is 35.4 Å². The topological polar surface area (TPSA) is 50.4 Å². The normalized spacial score (nSPS) is 11.9. The minimum atomic E-state index is -0.118. The minimum absolute atomic E-state index is 0.118. The van der Waals surface area contributed by atoms with Crippen molar-refractivity contribution in [2.75, 3.05) is 6.61 Å². The van der Waals surface area contributed by atoms with Crippen LogP contribution in [0.2, 0.25) is 0 Å². The number of benzene rings is 1. The van der Waals surface area contributed by atoms with Crippen LogP contribution >= 0.6 is 0 Å². The quantitative estimate of drug-likeness (QED) is 0.795. The maximum absolute atomic E-state index is 11.6. The molecule has 0 bridgehead atoms. The zero-order valence-electron chi connectivity index (χ0n) is 12.0. The van der Waals surface area contributed by atoms with Crippen molar-refractivity contribution in [3.8, 4) is 0 Å². The van der Waals surface area contributed by atoms with Crippen LogP contribution in [0.3, 0.4) is 0 Å². The van der Waals surface area contributed by atoms with Crippen LogP contribution in [0, 0.1) is 0 Å². The van der Waals surface area contributed by atoms with E-state index in [-0.39, 0.29) is 12.1 Å². The highest BCUT2D eigenvalue weighted by atomic mass is 16.5. The molecular weight excluding hydrogens is 240 g/mol. The van der Waals surface area contributed by atoms with Gasteiger partial charge in [-0.3, -0.25) is 0 Å². The largest absolute Gasteiger partial charge is 0.377 e. The van der Waals surface area contributed by atoms with Crippen molar-refractivity contribution < 1.29 is 9.53 Å². The second-order valence-electron chi connectivity index (χ2n) is 4.59. The fourth-order valence-electron chi connectivity index (χ4n) is 1.53. The molecule has 0 aliphatic carbocycles. The van der Waals surface area contributed by atoms with Gasteiger partial charge in [0.15, 0.2) is 0 Å². The standard InChI is InChI=1S/C15H24N2O2/c1-4-12(3)17-15(18)16-10-13-6-8-14(9-7-13)11-19-5-2/h6-9,12H,4-5,10-11H2,1-3H3,(H2,16,17,18). The van der Waals surface area contributed by atoms with E-state index in [1.54, 1.807) is 0 Å². The number of hydrogen-bond donors (Lipinski definition) is 2. The van der Waals surface area contributed by atoms with Crippen LogP contribution in [0.4, 0.5) is 4.79 Å². The molecular formula is C15H24N2O2. The predicted octanol–water partition coefficient (Wildman–Crippen LogP) is 2.82. The molecule has 0 radical (unpaired) electrons. The Kier molecular flexibility index (Phi) is 6.97. The maximum atomic E-state index is 11.6. The van der Waals surface area contributed by atoms with Crippen molar-refractivity contribution in [1.82, 2.24) is 10.6 Å². The maximum Gasteiger partial charge on any atom is 0.315 e. The van der Waals surface area contributed by atoms with Crippen LogP contribution in [0.25, 0.3) is 0 Å². The van der Waals surface area contributed by atoms with Crippen LogP contribution < -0.4 is 10.6 Å². The van der Waals surface area contributed by atoms with Gasteiger partial charge in [0.25, 0.3) is 0 Å². The first kappa shape index (κ1) is 15.5. The van der Waals surface area contributed by atoms with Gasteiger partial charge in [-0.05, 0) is 31.4 Å². The highest BCUT2D eigenvalue weighted by Crippen LogP contribution is 2.05. The molecule has 0 aliphatic heterocycles. The van der Waals surface area contributed by atoms with Gasteiger partial charge in [-0.15, -0.1) is 0 Å². The van der Waals surface area contributed by atoms with Crippen LogP contribution in [-0.2, 0) is 17.9 Å². The van der Waals surface area contributed by atoms with Crippen LogP contribution in [0.15, 0.2) is 24.3 Å². The molecule has 19 heavy (non-hydrogen) atoms. The van der Waals surface area contributed by atoms with Gasteiger partial charge < -0.3 is 15.4 Å². The second-order valence-corrected chi connectivity index (χ2v) is 4.59. The zero-order chi connectivity index (χ0) is 14.1. The number of carbonyl (C=O) groups excluding carboxylic acids is 1. The summed E-state index contributed by atoms with van der Waals surface area (Å²) in [6.07, 6.45) is 0.930. The Bertz CT molecular complexity index is 376. The molecule has 2 N–H and O–H groups in total. The Morgan fingerprint density at radius 3 is 2.42 bits per heavy atom. The molecule has 1 aromatic carbocycles. The van der Waals surface area contributed by atoms with Crippen molar-refractivity contribution in [2.24, 2.45) is 0 Å². The van der Waals surface area contributed by atoms with Gasteiger partial charge in [-0.1, -0.05) is 31.2 Å². The van der Waals surface area contributed by atoms with Crippen molar-refractivity contribution >= 4 is 6.03 Å². The van der Waals surface area contributed by atoms with Crippen LogP contribution in [0.1, 0.15) is 38.3 Å². The lowest BCUT2D eigenvalue weighted by atomic mass is 10.1. The molecule has 2 amide bonds. The number of ether oxygens (including phenoxy) is 1. The molecule has 0 heterocycles. The number of hydrogen-bond acceptors (Lipinski definition) is 2. The highest BCUT2D eigenvalue weighted by molar-refractivity contribution is 5.74. The second kappa shape index (κ2) is 8.53. The van der Waals surface area contributed by atoms with E-state index in [0.717, 1.165) is 24.2 Å². The number of nitrogens with one attached hydrogen (secondary N) is 2. The average Bonchev–Trinajstić information content (AvgIpc) is 2.43. The van der Waals surface area contributed by atoms with Gasteiger partial charge >= 0.3 is 6.03 Å². The molecule has 0 aliphatic rings. The lowest BCUT2D eigenvalue weighted by Crippen LogP contribution is -2.40. The third-order valence-electron chi connectivity index (χ3n) is 2.94. The summed E-state index contributed by atoms with van der Waals surface area (Å²) in [5.74, 6) is 0. The Balaban J connectivity index is 2.35. The fourth-order valence-corrected chi connectivity index (χ4v) is 1.53. The summed E-state index contributed by atoms with van der Waals surface area (Å²) in [6, 6.07) is 8.16. The summed E-state index contributed by atoms with van der Waals surface area (Å²) in [5, 5.41) is 5.71. The smallest absolute Gasteiger partial charge is 0.315 e. The number of carbonyl (C=O) groups is 1. The molecule has 1 rings (SSSR count). The third-order valence-corrected chi connectivity index (χ3v) is 2.94. The summed E-state index contributed by atoms with van der Waals surface area (Å²) < 4.78 is 5.33. The van der Waals surface area contributed by atoms with Gasteiger partial charge in [0.05, 0.1) is 6.61 Å². The molecule has 4 heteroatoms. The van der Waals surface area contributed by atoms with Gasteiger partial charge in [-0.2, -0.15) is 0 Å². The first-order chi connectivity index (χ1) is 9.15. The van der Waals surface area contributed by atoms with Crippen molar-refractivity contribution in [3.63, 3.8) is 0 Å². The van der Waals surface area contributed by atoms with Gasteiger partial charge in [-0.25, -0.2) is 4.79 Å². The lowest BCUT2D eigenvalue weighted by Gasteiger charge is -2.12. The van der Waals surface area contributed by atoms with Gasteiger partial charge in [0, 0.05) is 19.2 Å². The molecule has 0 saturated carbocycles. The summed E-state index contributed by atoms with van der Waals surface area (Å²) in [5.41, 5.74) is 2.23. The Labute approximate surface area is 115 Å². The van der Waals surface area contributed by atoms with E-state index in [0.29, 0.717) is 13.2 Å². The van der Waals surface area contributed by atoms with E-state index in [2.05, 4.69) is 10.6 Å². The van der Waals surface area contributed by atoms with Crippen molar-refractivity contribution in [1.29, 1.82) is 0 Å². The van der Waals surface area contributed by atoms with Crippen LogP contribution in [-0.4, -0.2) is 18.7 Å². The van der Waals surface area contributed by atoms with E-state index in [1.165, 1.54) is 0 Å². The molecule has 1 aromatic rings. The first-order valence-electron chi connectivity index (χ1n) is 6.85. The Hall–Kier alpha value is -1.55. The molecule has 0 fully saturated rings. The molecule has 1 atom stereocenters. The van der Waals surface area contributed by atoms with E-state index in [1.807, 2.05) is 45.0 Å². The predicted molar refractivity (Wildman–Crippen MR) is 76.9 cm³/mol. The zero-order valence-corrected chi connectivity index (χ0v) is 12.0. The molecule has 106 valence electrons. The van der Waals surface area contributed by atoms with E-state index in [4.69, 9.17) is 4.74 Å². The minimum Gasteiger partial charge on any atom is -0.377 e. The van der Waals surface area contributed by atoms with E-state index < -0.39 is 0 Å². The summed E-state index contributed by atoms with van der Waals surface area (Å²) >= 11 is 0. The number of rotatable bonds is 7. The van der Waals surface area contributed by atoms with Crippen LogP contribution in [0.5, 0.6) is 0 Å². The fraction of sp³-hybridized carbons (Fsp3) is 0.533. The molecule has 0 saturated heterocycles.